The molecule has 6 nitrogen and oxygen atoms in total. The fourth-order valence-corrected chi connectivity index (χ4v) is 3.06. The van der Waals surface area contributed by atoms with E-state index in [2.05, 4.69) is 9.71 Å². The number of halogens is 1. The molecule has 100 valence electrons. The Bertz CT molecular complexity index is 545. The summed E-state index contributed by atoms with van der Waals surface area (Å²) >= 11 is 5.67. The molecule has 0 aliphatic heterocycles. The lowest BCUT2D eigenvalue weighted by Gasteiger charge is -2.18. The number of aromatic nitrogens is 1. The predicted octanol–water partition coefficient (Wildman–Crippen LogP) is 1.12. The van der Waals surface area contributed by atoms with E-state index in [0.717, 1.165) is 0 Å². The summed E-state index contributed by atoms with van der Waals surface area (Å²) in [6.45, 7) is 3.21. The van der Waals surface area contributed by atoms with Crippen LogP contribution in [0.3, 0.4) is 0 Å². The highest BCUT2D eigenvalue weighted by molar-refractivity contribution is 7.89. The number of sulfonamides is 1. The largest absolute Gasteiger partial charge is 0.480 e. The van der Waals surface area contributed by atoms with Gasteiger partial charge in [-0.25, -0.2) is 13.4 Å². The van der Waals surface area contributed by atoms with E-state index in [9.17, 15) is 13.2 Å². The van der Waals surface area contributed by atoms with Crippen molar-refractivity contribution in [1.82, 2.24) is 9.71 Å². The lowest BCUT2D eigenvalue weighted by Crippen LogP contribution is -2.44. The van der Waals surface area contributed by atoms with E-state index in [1.165, 1.54) is 18.3 Å². The van der Waals surface area contributed by atoms with Crippen molar-refractivity contribution in [2.45, 2.75) is 24.8 Å². The normalized spacial score (nSPS) is 13.6. The molecule has 1 atom stereocenters. The molecule has 0 spiro atoms. The van der Waals surface area contributed by atoms with Gasteiger partial charge in [-0.1, -0.05) is 25.4 Å². The molecule has 8 heteroatoms. The van der Waals surface area contributed by atoms with E-state index in [1.54, 1.807) is 13.8 Å². The first-order valence-electron chi connectivity index (χ1n) is 5.11. The van der Waals surface area contributed by atoms with Crippen LogP contribution in [0.2, 0.25) is 5.15 Å². The summed E-state index contributed by atoms with van der Waals surface area (Å²) in [5.41, 5.74) is 0. The van der Waals surface area contributed by atoms with E-state index in [1.807, 2.05) is 0 Å². The summed E-state index contributed by atoms with van der Waals surface area (Å²) in [6.07, 6.45) is 1.35. The topological polar surface area (TPSA) is 96.4 Å². The highest BCUT2D eigenvalue weighted by Gasteiger charge is 2.29. The van der Waals surface area contributed by atoms with Crippen LogP contribution in [0.4, 0.5) is 0 Å². The number of carboxylic acid groups (broad SMARTS) is 1. The smallest absolute Gasteiger partial charge is 0.322 e. The number of hydrogen-bond acceptors (Lipinski definition) is 4. The van der Waals surface area contributed by atoms with E-state index in [-0.39, 0.29) is 10.0 Å². The first-order valence-corrected chi connectivity index (χ1v) is 6.97. The molecule has 2 N–H and O–H groups in total. The van der Waals surface area contributed by atoms with E-state index in [0.29, 0.717) is 0 Å². The molecule has 18 heavy (non-hydrogen) atoms. The van der Waals surface area contributed by atoms with Crippen LogP contribution in [0.25, 0.3) is 0 Å². The number of nitrogens with zero attached hydrogens (tertiary/aromatic N) is 1. The van der Waals surface area contributed by atoms with E-state index in [4.69, 9.17) is 16.7 Å². The summed E-state index contributed by atoms with van der Waals surface area (Å²) in [7, 11) is -4.01. The van der Waals surface area contributed by atoms with Crippen LogP contribution in [-0.4, -0.2) is 30.5 Å². The number of carbonyl (C=O) groups is 1. The van der Waals surface area contributed by atoms with E-state index >= 15 is 0 Å². The third kappa shape index (κ3) is 3.41. The van der Waals surface area contributed by atoms with Gasteiger partial charge in [-0.2, -0.15) is 4.72 Å². The molecule has 0 radical (unpaired) electrons. The Balaban J connectivity index is 3.09. The Morgan fingerprint density at radius 2 is 2.11 bits per heavy atom. The predicted molar refractivity (Wildman–Crippen MR) is 65.8 cm³/mol. The quantitative estimate of drug-likeness (QED) is 0.793. The zero-order chi connectivity index (χ0) is 13.9. The second-order valence-electron chi connectivity index (χ2n) is 3.97. The number of carboxylic acids is 1. The van der Waals surface area contributed by atoms with Crippen molar-refractivity contribution in [3.63, 3.8) is 0 Å². The zero-order valence-electron chi connectivity index (χ0n) is 9.79. The van der Waals surface area contributed by atoms with Gasteiger partial charge in [0.15, 0.2) is 0 Å². The van der Waals surface area contributed by atoms with Gasteiger partial charge in [0.1, 0.15) is 16.1 Å². The minimum atomic E-state index is -4.01. The van der Waals surface area contributed by atoms with Gasteiger partial charge in [-0.15, -0.1) is 0 Å². The van der Waals surface area contributed by atoms with Crippen molar-refractivity contribution in [1.29, 1.82) is 0 Å². The first kappa shape index (κ1) is 14.9. The van der Waals surface area contributed by atoms with Crippen LogP contribution in [-0.2, 0) is 14.8 Å². The molecule has 0 bridgehead atoms. The summed E-state index contributed by atoms with van der Waals surface area (Å²) in [5.74, 6) is -1.64. The minimum Gasteiger partial charge on any atom is -0.480 e. The van der Waals surface area contributed by atoms with Crippen LogP contribution in [0.1, 0.15) is 13.8 Å². The second-order valence-corrected chi connectivity index (χ2v) is 6.01. The standard InChI is InChI=1S/C10H13ClN2O4S/c1-6(2)8(10(14)15)13-18(16,17)7-4-3-5-12-9(7)11/h3-6,8,13H,1-2H3,(H,14,15)/t8-/m0/s1. The van der Waals surface area contributed by atoms with Crippen LogP contribution >= 0.6 is 11.6 Å². The molecule has 1 heterocycles. The maximum absolute atomic E-state index is 12.0. The van der Waals surface area contributed by atoms with Crippen molar-refractivity contribution in [2.75, 3.05) is 0 Å². The molecule has 1 aromatic heterocycles. The molecule has 1 rings (SSSR count). The van der Waals surface area contributed by atoms with Gasteiger partial charge in [0.25, 0.3) is 0 Å². The van der Waals surface area contributed by atoms with Gasteiger partial charge < -0.3 is 5.11 Å². The van der Waals surface area contributed by atoms with Crippen LogP contribution < -0.4 is 4.72 Å². The molecular weight excluding hydrogens is 280 g/mol. The summed E-state index contributed by atoms with van der Waals surface area (Å²) < 4.78 is 26.0. The number of nitrogens with one attached hydrogen (secondary N) is 1. The summed E-state index contributed by atoms with van der Waals surface area (Å²) in [4.78, 5) is 14.4. The average Bonchev–Trinajstić information content (AvgIpc) is 2.25. The van der Waals surface area contributed by atoms with Gasteiger partial charge in [-0.3, -0.25) is 4.79 Å². The number of pyridine rings is 1. The highest BCUT2D eigenvalue weighted by Crippen LogP contribution is 2.18. The molecule has 0 aliphatic rings. The Kier molecular flexibility index (Phi) is 4.66. The number of aliphatic carboxylic acids is 1. The van der Waals surface area contributed by atoms with Crippen molar-refractivity contribution >= 4 is 27.6 Å². The fourth-order valence-electron chi connectivity index (χ4n) is 1.27. The molecule has 0 amide bonds. The Labute approximate surface area is 110 Å². The molecule has 0 unspecified atom stereocenters. The Morgan fingerprint density at radius 1 is 1.50 bits per heavy atom. The molecule has 0 aromatic carbocycles. The third-order valence-corrected chi connectivity index (χ3v) is 4.12. The minimum absolute atomic E-state index is 0.196. The monoisotopic (exact) mass is 292 g/mol. The Morgan fingerprint density at radius 3 is 2.56 bits per heavy atom. The maximum Gasteiger partial charge on any atom is 0.322 e. The van der Waals surface area contributed by atoms with Gasteiger partial charge in [0.05, 0.1) is 0 Å². The molecule has 0 aliphatic carbocycles. The van der Waals surface area contributed by atoms with Crippen molar-refractivity contribution in [3.8, 4) is 0 Å². The molecule has 0 fully saturated rings. The van der Waals surface area contributed by atoms with Crippen LogP contribution in [0.5, 0.6) is 0 Å². The first-order chi connectivity index (χ1) is 8.25. The van der Waals surface area contributed by atoms with Crippen molar-refractivity contribution in [2.24, 2.45) is 5.92 Å². The highest BCUT2D eigenvalue weighted by atomic mass is 35.5. The third-order valence-electron chi connectivity index (χ3n) is 2.23. The van der Waals surface area contributed by atoms with Gasteiger partial charge in [-0.05, 0) is 18.1 Å². The van der Waals surface area contributed by atoms with Gasteiger partial charge in [0, 0.05) is 6.20 Å². The number of hydrogen-bond donors (Lipinski definition) is 2. The number of rotatable bonds is 5. The fraction of sp³-hybridized carbons (Fsp3) is 0.400. The van der Waals surface area contributed by atoms with E-state index < -0.39 is 28.0 Å². The molecular formula is C10H13ClN2O4S. The molecule has 0 saturated carbocycles. The average molecular weight is 293 g/mol. The zero-order valence-corrected chi connectivity index (χ0v) is 11.4. The lowest BCUT2D eigenvalue weighted by molar-refractivity contribution is -0.140. The van der Waals surface area contributed by atoms with Crippen LogP contribution in [0.15, 0.2) is 23.2 Å². The SMILES string of the molecule is CC(C)[C@H](NS(=O)(=O)c1cccnc1Cl)C(=O)O. The van der Waals surface area contributed by atoms with Gasteiger partial charge >= 0.3 is 5.97 Å². The lowest BCUT2D eigenvalue weighted by atomic mass is 10.1. The summed E-state index contributed by atoms with van der Waals surface area (Å²) in [5, 5.41) is 8.75. The van der Waals surface area contributed by atoms with Crippen LogP contribution in [0, 0.1) is 5.92 Å². The van der Waals surface area contributed by atoms with Gasteiger partial charge in [0.2, 0.25) is 10.0 Å². The van der Waals surface area contributed by atoms with Crippen molar-refractivity contribution in [3.05, 3.63) is 23.5 Å². The Hall–Kier alpha value is -1.18. The molecule has 1 aromatic rings. The maximum atomic E-state index is 12.0. The second kappa shape index (κ2) is 5.64. The molecule has 0 saturated heterocycles. The summed E-state index contributed by atoms with van der Waals surface area (Å²) in [6, 6.07) is 1.45. The van der Waals surface area contributed by atoms with Crippen molar-refractivity contribution < 1.29 is 18.3 Å².